The van der Waals surface area contributed by atoms with E-state index < -0.39 is 24.2 Å². The second-order valence-corrected chi connectivity index (χ2v) is 5.93. The van der Waals surface area contributed by atoms with Gasteiger partial charge in [0.15, 0.2) is 6.61 Å². The molecule has 2 aromatic heterocycles. The first kappa shape index (κ1) is 17.7. The van der Waals surface area contributed by atoms with Gasteiger partial charge in [0.25, 0.3) is 0 Å². The minimum atomic E-state index is -0.634. The highest BCUT2D eigenvalue weighted by Crippen LogP contribution is 2.18. The number of aryl methyl sites for hydroxylation is 1. The number of Topliss-reactive ketones (excluding diaryl/α,β-unsaturated/α-hetero) is 1. The van der Waals surface area contributed by atoms with Crippen LogP contribution in [0.25, 0.3) is 0 Å². The normalized spacial score (nSPS) is 10.7. The summed E-state index contributed by atoms with van der Waals surface area (Å²) in [5.41, 5.74) is 1.85. The molecule has 0 N–H and O–H groups in total. The summed E-state index contributed by atoms with van der Waals surface area (Å²) in [6.45, 7) is 3.65. The van der Waals surface area contributed by atoms with E-state index >= 15 is 0 Å². The molecule has 0 aliphatic carbocycles. The van der Waals surface area contributed by atoms with Crippen molar-refractivity contribution in [1.82, 2.24) is 4.57 Å². The van der Waals surface area contributed by atoms with Gasteiger partial charge in [-0.25, -0.2) is 9.18 Å². The fourth-order valence-corrected chi connectivity index (χ4v) is 2.78. The lowest BCUT2D eigenvalue weighted by atomic mass is 10.1. The number of nitrogens with zero attached hydrogens (tertiary/aromatic N) is 1. The lowest BCUT2D eigenvalue weighted by Crippen LogP contribution is -2.16. The molecular formula is C20H18FNO4. The minimum absolute atomic E-state index is 0.0939. The molecule has 3 rings (SSSR count). The summed E-state index contributed by atoms with van der Waals surface area (Å²) >= 11 is 0. The Kier molecular flexibility index (Phi) is 5.02. The lowest BCUT2D eigenvalue weighted by Gasteiger charge is -2.08. The van der Waals surface area contributed by atoms with Crippen molar-refractivity contribution in [3.63, 3.8) is 0 Å². The van der Waals surface area contributed by atoms with Crippen LogP contribution < -0.4 is 0 Å². The number of hydrogen-bond acceptors (Lipinski definition) is 4. The number of hydrogen-bond donors (Lipinski definition) is 0. The molecule has 0 saturated heterocycles. The first-order valence-corrected chi connectivity index (χ1v) is 8.11. The molecule has 0 amide bonds. The van der Waals surface area contributed by atoms with Crippen molar-refractivity contribution < 1.29 is 23.1 Å². The predicted octanol–water partition coefficient (Wildman–Crippen LogP) is 3.93. The Hall–Kier alpha value is -3.15. The van der Waals surface area contributed by atoms with Gasteiger partial charge in [0.05, 0.1) is 23.9 Å². The maximum Gasteiger partial charge on any atom is 0.340 e. The second-order valence-electron chi connectivity index (χ2n) is 5.93. The van der Waals surface area contributed by atoms with Crippen LogP contribution in [-0.2, 0) is 11.3 Å². The fraction of sp³-hybridized carbons (Fsp3) is 0.200. The van der Waals surface area contributed by atoms with E-state index in [4.69, 9.17) is 9.15 Å². The van der Waals surface area contributed by atoms with Crippen molar-refractivity contribution in [3.8, 4) is 0 Å². The minimum Gasteiger partial charge on any atom is -0.467 e. The molecule has 26 heavy (non-hydrogen) atoms. The van der Waals surface area contributed by atoms with Crippen molar-refractivity contribution in [3.05, 3.63) is 82.8 Å². The zero-order valence-corrected chi connectivity index (χ0v) is 14.5. The van der Waals surface area contributed by atoms with E-state index in [2.05, 4.69) is 0 Å². The number of carbonyl (C=O) groups excluding carboxylic acids is 2. The number of carbonyl (C=O) groups is 2. The van der Waals surface area contributed by atoms with Gasteiger partial charge < -0.3 is 13.7 Å². The van der Waals surface area contributed by atoms with Gasteiger partial charge in [0.2, 0.25) is 5.78 Å². The Morgan fingerprint density at radius 1 is 1.12 bits per heavy atom. The second kappa shape index (κ2) is 7.39. The van der Waals surface area contributed by atoms with Crippen molar-refractivity contribution >= 4 is 11.8 Å². The quantitative estimate of drug-likeness (QED) is 0.497. The number of benzene rings is 1. The van der Waals surface area contributed by atoms with Crippen molar-refractivity contribution in [2.24, 2.45) is 0 Å². The first-order chi connectivity index (χ1) is 12.5. The summed E-state index contributed by atoms with van der Waals surface area (Å²) in [7, 11) is 0. The standard InChI is InChI=1S/C20H18FNO4/c1-13-10-17(14(2)22(13)11-15-6-5-9-25-15)20(24)26-12-19(23)16-7-3-4-8-18(16)21/h3-10H,11-12H2,1-2H3. The molecule has 0 saturated carbocycles. The third kappa shape index (κ3) is 3.59. The van der Waals surface area contributed by atoms with Gasteiger partial charge in [-0.15, -0.1) is 0 Å². The topological polar surface area (TPSA) is 61.4 Å². The lowest BCUT2D eigenvalue weighted by molar-refractivity contribution is 0.0472. The molecule has 0 atom stereocenters. The third-order valence-electron chi connectivity index (χ3n) is 4.20. The predicted molar refractivity (Wildman–Crippen MR) is 92.7 cm³/mol. The number of rotatable bonds is 6. The van der Waals surface area contributed by atoms with E-state index in [0.29, 0.717) is 17.8 Å². The van der Waals surface area contributed by atoms with E-state index in [0.717, 1.165) is 11.5 Å². The number of esters is 1. The Bertz CT molecular complexity index is 941. The Labute approximate surface area is 150 Å². The summed E-state index contributed by atoms with van der Waals surface area (Å²) in [4.78, 5) is 24.4. The zero-order chi connectivity index (χ0) is 18.7. The average Bonchev–Trinajstić information content (AvgIpc) is 3.23. The highest BCUT2D eigenvalue weighted by atomic mass is 19.1. The molecule has 0 fully saturated rings. The smallest absolute Gasteiger partial charge is 0.340 e. The van der Waals surface area contributed by atoms with Crippen molar-refractivity contribution in [2.75, 3.05) is 6.61 Å². The van der Waals surface area contributed by atoms with E-state index in [1.54, 1.807) is 31.4 Å². The van der Waals surface area contributed by atoms with Gasteiger partial charge in [0, 0.05) is 11.4 Å². The van der Waals surface area contributed by atoms with E-state index in [9.17, 15) is 14.0 Å². The number of halogens is 1. The van der Waals surface area contributed by atoms with Crippen LogP contribution in [0.15, 0.2) is 53.1 Å². The summed E-state index contributed by atoms with van der Waals surface area (Å²) in [6.07, 6.45) is 1.59. The summed E-state index contributed by atoms with van der Waals surface area (Å²) in [5, 5.41) is 0. The number of ketones is 1. The van der Waals surface area contributed by atoms with Crippen LogP contribution in [0.5, 0.6) is 0 Å². The first-order valence-electron chi connectivity index (χ1n) is 8.11. The summed E-state index contributed by atoms with van der Waals surface area (Å²) in [5.74, 6) is -1.07. The van der Waals surface area contributed by atoms with Gasteiger partial charge in [0.1, 0.15) is 11.6 Å². The number of ether oxygens (including phenoxy) is 1. The Morgan fingerprint density at radius 2 is 1.88 bits per heavy atom. The van der Waals surface area contributed by atoms with Crippen LogP contribution in [0.4, 0.5) is 4.39 Å². The molecule has 134 valence electrons. The maximum atomic E-state index is 13.6. The largest absolute Gasteiger partial charge is 0.467 e. The molecule has 1 aromatic carbocycles. The van der Waals surface area contributed by atoms with Gasteiger partial charge in [-0.1, -0.05) is 12.1 Å². The molecule has 2 heterocycles. The van der Waals surface area contributed by atoms with Crippen LogP contribution in [0, 0.1) is 19.7 Å². The molecule has 0 aliphatic heterocycles. The summed E-state index contributed by atoms with van der Waals surface area (Å²) < 4.78 is 26.0. The zero-order valence-electron chi connectivity index (χ0n) is 14.5. The number of aromatic nitrogens is 1. The van der Waals surface area contributed by atoms with E-state index in [1.807, 2.05) is 17.6 Å². The van der Waals surface area contributed by atoms with Crippen LogP contribution in [0.2, 0.25) is 0 Å². The van der Waals surface area contributed by atoms with Gasteiger partial charge in [-0.2, -0.15) is 0 Å². The van der Waals surface area contributed by atoms with Crippen LogP contribution in [-0.4, -0.2) is 22.9 Å². The van der Waals surface area contributed by atoms with Crippen molar-refractivity contribution in [1.29, 1.82) is 0 Å². The van der Waals surface area contributed by atoms with Crippen LogP contribution >= 0.6 is 0 Å². The molecular weight excluding hydrogens is 337 g/mol. The highest BCUT2D eigenvalue weighted by molar-refractivity contribution is 5.99. The maximum absolute atomic E-state index is 13.6. The molecule has 6 heteroatoms. The SMILES string of the molecule is Cc1cc(C(=O)OCC(=O)c2ccccc2F)c(C)n1Cc1ccco1. The van der Waals surface area contributed by atoms with E-state index in [1.165, 1.54) is 18.2 Å². The fourth-order valence-electron chi connectivity index (χ4n) is 2.78. The molecule has 5 nitrogen and oxygen atoms in total. The Balaban J connectivity index is 1.70. The molecule has 0 spiro atoms. The van der Waals surface area contributed by atoms with Gasteiger partial charge in [-0.05, 0) is 44.2 Å². The van der Waals surface area contributed by atoms with Crippen LogP contribution in [0.3, 0.4) is 0 Å². The summed E-state index contributed by atoms with van der Waals surface area (Å²) in [6, 6.07) is 11.0. The van der Waals surface area contributed by atoms with Gasteiger partial charge in [-0.3, -0.25) is 4.79 Å². The molecule has 0 unspecified atom stereocenters. The van der Waals surface area contributed by atoms with Crippen LogP contribution in [0.1, 0.15) is 37.9 Å². The highest BCUT2D eigenvalue weighted by Gasteiger charge is 2.20. The molecule has 0 radical (unpaired) electrons. The van der Waals surface area contributed by atoms with Crippen molar-refractivity contribution in [2.45, 2.75) is 20.4 Å². The number of furan rings is 1. The molecule has 0 bridgehead atoms. The molecule has 0 aliphatic rings. The van der Waals surface area contributed by atoms with Gasteiger partial charge >= 0.3 is 5.97 Å². The molecule has 3 aromatic rings. The average molecular weight is 355 g/mol. The Morgan fingerprint density at radius 3 is 2.58 bits per heavy atom. The monoisotopic (exact) mass is 355 g/mol. The van der Waals surface area contributed by atoms with E-state index in [-0.39, 0.29) is 5.56 Å². The third-order valence-corrected chi connectivity index (χ3v) is 4.20.